The average molecular weight is 159 g/mol. The summed E-state index contributed by atoms with van der Waals surface area (Å²) < 4.78 is 13.2. The number of halogens is 1. The lowest BCUT2D eigenvalue weighted by Crippen LogP contribution is -2.28. The van der Waals surface area contributed by atoms with E-state index in [4.69, 9.17) is 0 Å². The molecule has 1 N–H and O–H groups in total. The van der Waals surface area contributed by atoms with E-state index in [9.17, 15) is 4.39 Å². The molecule has 0 spiro atoms. The van der Waals surface area contributed by atoms with Gasteiger partial charge in [-0.3, -0.25) is 0 Å². The highest BCUT2D eigenvalue weighted by atomic mass is 19.1. The number of rotatable bonds is 3. The van der Waals surface area contributed by atoms with Gasteiger partial charge in [-0.15, -0.1) is 0 Å². The van der Waals surface area contributed by atoms with E-state index in [-0.39, 0.29) is 0 Å². The van der Waals surface area contributed by atoms with E-state index in [0.29, 0.717) is 12.5 Å². The maximum atomic E-state index is 13.2. The smallest absolute Gasteiger partial charge is 0.115 e. The summed E-state index contributed by atoms with van der Waals surface area (Å²) in [6.45, 7) is 0.532. The summed E-state index contributed by atoms with van der Waals surface area (Å²) in [4.78, 5) is 0. The molecule has 0 heterocycles. The Morgan fingerprint density at radius 1 is 1.36 bits per heavy atom. The molecule has 2 heteroatoms. The lowest BCUT2D eigenvalue weighted by Gasteiger charge is -2.24. The fourth-order valence-electron chi connectivity index (χ4n) is 1.86. The van der Waals surface area contributed by atoms with Crippen LogP contribution in [0, 0.1) is 5.92 Å². The van der Waals surface area contributed by atoms with Crippen LogP contribution in [0.25, 0.3) is 0 Å². The first-order valence-corrected chi connectivity index (χ1v) is 4.63. The van der Waals surface area contributed by atoms with Gasteiger partial charge >= 0.3 is 0 Å². The minimum absolute atomic E-state index is 0.344. The molecule has 1 aliphatic carbocycles. The molecule has 0 aliphatic heterocycles. The molecule has 1 fully saturated rings. The predicted octanol–water partition coefficient (Wildman–Crippen LogP) is 2.12. The van der Waals surface area contributed by atoms with Crippen LogP contribution in [-0.4, -0.2) is 19.8 Å². The molecule has 0 aromatic rings. The van der Waals surface area contributed by atoms with Crippen molar-refractivity contribution < 1.29 is 4.39 Å². The first-order chi connectivity index (χ1) is 5.34. The molecule has 0 amide bonds. The molecule has 1 nitrogen and oxygen atoms in total. The molecular formula is C9H18FN. The molecule has 0 bridgehead atoms. The molecule has 1 rings (SSSR count). The van der Waals surface area contributed by atoms with Gasteiger partial charge in [-0.25, -0.2) is 4.39 Å². The van der Waals surface area contributed by atoms with Gasteiger partial charge < -0.3 is 5.32 Å². The molecule has 1 saturated carbocycles. The summed E-state index contributed by atoms with van der Waals surface area (Å²) in [6.07, 6.45) is 5.36. The summed E-state index contributed by atoms with van der Waals surface area (Å²) in [5, 5.41) is 2.89. The Kier molecular flexibility index (Phi) is 3.84. The Balaban J connectivity index is 2.21. The molecule has 11 heavy (non-hydrogen) atoms. The van der Waals surface area contributed by atoms with Gasteiger partial charge in [0.1, 0.15) is 6.17 Å². The van der Waals surface area contributed by atoms with Crippen molar-refractivity contribution in [3.8, 4) is 0 Å². The predicted molar refractivity (Wildman–Crippen MR) is 45.4 cm³/mol. The van der Waals surface area contributed by atoms with Crippen molar-refractivity contribution in [2.24, 2.45) is 5.92 Å². The van der Waals surface area contributed by atoms with E-state index >= 15 is 0 Å². The lowest BCUT2D eigenvalue weighted by molar-refractivity contribution is 0.179. The van der Waals surface area contributed by atoms with Gasteiger partial charge in [0.15, 0.2) is 0 Å². The standard InChI is InChI=1S/C9H18FN/c1-11-7-9(10)8-5-3-2-4-6-8/h8-9,11H,2-7H2,1H3/t9-/m1/s1. The first kappa shape index (κ1) is 8.98. The minimum Gasteiger partial charge on any atom is -0.317 e. The summed E-state index contributed by atoms with van der Waals surface area (Å²) in [6, 6.07) is 0. The molecule has 0 unspecified atom stereocenters. The van der Waals surface area contributed by atoms with Crippen LogP contribution in [0.4, 0.5) is 4.39 Å². The van der Waals surface area contributed by atoms with Crippen LogP contribution in [0.5, 0.6) is 0 Å². The molecule has 0 aromatic carbocycles. The summed E-state index contributed by atoms with van der Waals surface area (Å²) in [5.41, 5.74) is 0. The van der Waals surface area contributed by atoms with Crippen molar-refractivity contribution in [2.75, 3.05) is 13.6 Å². The molecular weight excluding hydrogens is 141 g/mol. The third-order valence-corrected chi connectivity index (χ3v) is 2.56. The molecule has 0 radical (unpaired) electrons. The van der Waals surface area contributed by atoms with E-state index in [1.165, 1.54) is 19.3 Å². The van der Waals surface area contributed by atoms with Gasteiger partial charge in [0.25, 0.3) is 0 Å². The highest BCUT2D eigenvalue weighted by Crippen LogP contribution is 2.27. The van der Waals surface area contributed by atoms with E-state index in [2.05, 4.69) is 5.32 Å². The van der Waals surface area contributed by atoms with Crippen LogP contribution < -0.4 is 5.32 Å². The highest BCUT2D eigenvalue weighted by Gasteiger charge is 2.21. The third kappa shape index (κ3) is 2.78. The van der Waals surface area contributed by atoms with Crippen molar-refractivity contribution in [2.45, 2.75) is 38.3 Å². The number of nitrogens with one attached hydrogen (secondary N) is 1. The van der Waals surface area contributed by atoms with Crippen molar-refractivity contribution in [1.29, 1.82) is 0 Å². The minimum atomic E-state index is -0.611. The van der Waals surface area contributed by atoms with Crippen LogP contribution in [0.2, 0.25) is 0 Å². The number of alkyl halides is 1. The number of hydrogen-bond donors (Lipinski definition) is 1. The molecule has 0 aromatic heterocycles. The zero-order chi connectivity index (χ0) is 8.10. The van der Waals surface area contributed by atoms with Crippen molar-refractivity contribution in [3.05, 3.63) is 0 Å². The summed E-state index contributed by atoms with van der Waals surface area (Å²) in [5.74, 6) is 0.344. The van der Waals surface area contributed by atoms with Crippen molar-refractivity contribution in [3.63, 3.8) is 0 Å². The largest absolute Gasteiger partial charge is 0.317 e. The quantitative estimate of drug-likeness (QED) is 0.665. The zero-order valence-corrected chi connectivity index (χ0v) is 7.28. The Morgan fingerprint density at radius 3 is 2.55 bits per heavy atom. The Bertz CT molecular complexity index is 99.7. The number of hydrogen-bond acceptors (Lipinski definition) is 1. The van der Waals surface area contributed by atoms with Crippen LogP contribution in [0.3, 0.4) is 0 Å². The molecule has 1 aliphatic rings. The second-order valence-corrected chi connectivity index (χ2v) is 3.47. The van der Waals surface area contributed by atoms with Crippen molar-refractivity contribution in [1.82, 2.24) is 5.32 Å². The Hall–Kier alpha value is -0.110. The fraction of sp³-hybridized carbons (Fsp3) is 1.00. The normalized spacial score (nSPS) is 23.5. The van der Waals surface area contributed by atoms with Gasteiger partial charge in [-0.05, 0) is 25.8 Å². The monoisotopic (exact) mass is 159 g/mol. The van der Waals surface area contributed by atoms with Crippen LogP contribution in [-0.2, 0) is 0 Å². The van der Waals surface area contributed by atoms with Gasteiger partial charge in [0, 0.05) is 6.54 Å². The van der Waals surface area contributed by atoms with Crippen molar-refractivity contribution >= 4 is 0 Å². The SMILES string of the molecule is CNC[C@@H](F)C1CCCCC1. The summed E-state index contributed by atoms with van der Waals surface area (Å²) in [7, 11) is 1.81. The Labute approximate surface area is 68.4 Å². The lowest BCUT2D eigenvalue weighted by atomic mass is 9.86. The molecule has 1 atom stereocenters. The van der Waals surface area contributed by atoms with Gasteiger partial charge in [-0.1, -0.05) is 19.3 Å². The second kappa shape index (κ2) is 4.70. The second-order valence-electron chi connectivity index (χ2n) is 3.47. The van der Waals surface area contributed by atoms with E-state index in [1.807, 2.05) is 7.05 Å². The van der Waals surface area contributed by atoms with Gasteiger partial charge in [0.2, 0.25) is 0 Å². The first-order valence-electron chi connectivity index (χ1n) is 4.63. The zero-order valence-electron chi connectivity index (χ0n) is 7.28. The van der Waals surface area contributed by atoms with Crippen LogP contribution in [0.1, 0.15) is 32.1 Å². The van der Waals surface area contributed by atoms with E-state index < -0.39 is 6.17 Å². The summed E-state index contributed by atoms with van der Waals surface area (Å²) >= 11 is 0. The molecule has 66 valence electrons. The van der Waals surface area contributed by atoms with E-state index in [0.717, 1.165) is 12.8 Å². The molecule has 0 saturated heterocycles. The Morgan fingerprint density at radius 2 is 2.00 bits per heavy atom. The highest BCUT2D eigenvalue weighted by molar-refractivity contribution is 4.74. The average Bonchev–Trinajstić information content (AvgIpc) is 2.07. The fourth-order valence-corrected chi connectivity index (χ4v) is 1.86. The topological polar surface area (TPSA) is 12.0 Å². The van der Waals surface area contributed by atoms with Crippen LogP contribution >= 0.6 is 0 Å². The van der Waals surface area contributed by atoms with Gasteiger partial charge in [0.05, 0.1) is 0 Å². The third-order valence-electron chi connectivity index (χ3n) is 2.56. The maximum absolute atomic E-state index is 13.2. The van der Waals surface area contributed by atoms with Gasteiger partial charge in [-0.2, -0.15) is 0 Å². The van der Waals surface area contributed by atoms with E-state index in [1.54, 1.807) is 0 Å². The maximum Gasteiger partial charge on any atom is 0.115 e. The van der Waals surface area contributed by atoms with Crippen LogP contribution in [0.15, 0.2) is 0 Å².